The molecule has 1 aliphatic rings. The molecule has 2 atom stereocenters. The lowest BCUT2D eigenvalue weighted by Crippen LogP contribution is -2.46. The first-order valence-corrected chi connectivity index (χ1v) is 6.61. The van der Waals surface area contributed by atoms with Crippen LogP contribution in [0.1, 0.15) is 19.4 Å². The van der Waals surface area contributed by atoms with Gasteiger partial charge in [-0.25, -0.2) is 0 Å². The molecule has 110 valence electrons. The number of hydrogen-bond acceptors (Lipinski definition) is 5. The van der Waals surface area contributed by atoms with E-state index in [0.29, 0.717) is 5.56 Å². The number of ether oxygens (including phenoxy) is 2. The van der Waals surface area contributed by atoms with Gasteiger partial charge in [0.25, 0.3) is 0 Å². The van der Waals surface area contributed by atoms with Crippen LogP contribution in [0.5, 0.6) is 5.75 Å². The van der Waals surface area contributed by atoms with Crippen LogP contribution in [-0.2, 0) is 4.74 Å². The van der Waals surface area contributed by atoms with Crippen LogP contribution in [0.2, 0.25) is 0 Å². The summed E-state index contributed by atoms with van der Waals surface area (Å²) in [4.78, 5) is 2.18. The first-order chi connectivity index (χ1) is 9.55. The Labute approximate surface area is 118 Å². The summed E-state index contributed by atoms with van der Waals surface area (Å²) >= 11 is 0. The molecule has 0 aliphatic carbocycles. The molecule has 0 unspecified atom stereocenters. The fourth-order valence-electron chi connectivity index (χ4n) is 2.55. The molecular weight excluding hydrogens is 258 g/mol. The number of amidine groups is 1. The highest BCUT2D eigenvalue weighted by molar-refractivity contribution is 6.02. The van der Waals surface area contributed by atoms with Crippen molar-refractivity contribution in [1.29, 1.82) is 0 Å². The zero-order valence-corrected chi connectivity index (χ0v) is 12.0. The number of nitrogens with zero attached hydrogens (tertiary/aromatic N) is 2. The summed E-state index contributed by atoms with van der Waals surface area (Å²) in [6, 6.07) is 5.50. The van der Waals surface area contributed by atoms with Gasteiger partial charge in [0.15, 0.2) is 5.84 Å². The SMILES string of the molecule is COc1ccc(/C(N)=N/O)c(N2C[C@@H](C)O[C@@H](C)C2)c1. The molecule has 20 heavy (non-hydrogen) atoms. The Balaban J connectivity index is 2.41. The van der Waals surface area contributed by atoms with Crippen LogP contribution in [0.25, 0.3) is 0 Å². The summed E-state index contributed by atoms with van der Waals surface area (Å²) in [5.41, 5.74) is 7.34. The Morgan fingerprint density at radius 3 is 2.60 bits per heavy atom. The summed E-state index contributed by atoms with van der Waals surface area (Å²) in [5.74, 6) is 0.829. The molecule has 0 saturated carbocycles. The van der Waals surface area contributed by atoms with E-state index in [1.165, 1.54) is 0 Å². The van der Waals surface area contributed by atoms with Crippen molar-refractivity contribution >= 4 is 11.5 Å². The number of hydrogen-bond donors (Lipinski definition) is 2. The van der Waals surface area contributed by atoms with Crippen LogP contribution < -0.4 is 15.4 Å². The van der Waals surface area contributed by atoms with Crippen molar-refractivity contribution in [2.24, 2.45) is 10.9 Å². The van der Waals surface area contributed by atoms with Crippen LogP contribution >= 0.6 is 0 Å². The molecule has 3 N–H and O–H groups in total. The van der Waals surface area contributed by atoms with Gasteiger partial charge < -0.3 is 25.3 Å². The van der Waals surface area contributed by atoms with Crippen LogP contribution in [0.3, 0.4) is 0 Å². The minimum absolute atomic E-state index is 0.0921. The molecule has 1 heterocycles. The van der Waals surface area contributed by atoms with E-state index < -0.39 is 0 Å². The average Bonchev–Trinajstić information content (AvgIpc) is 2.44. The maximum Gasteiger partial charge on any atom is 0.172 e. The highest BCUT2D eigenvalue weighted by Gasteiger charge is 2.25. The van der Waals surface area contributed by atoms with E-state index in [1.54, 1.807) is 19.2 Å². The van der Waals surface area contributed by atoms with E-state index in [2.05, 4.69) is 10.1 Å². The zero-order chi connectivity index (χ0) is 14.7. The van der Waals surface area contributed by atoms with E-state index in [0.717, 1.165) is 24.5 Å². The third-order valence-electron chi connectivity index (χ3n) is 3.35. The van der Waals surface area contributed by atoms with Crippen LogP contribution in [0.15, 0.2) is 23.4 Å². The molecule has 1 saturated heterocycles. The third kappa shape index (κ3) is 2.96. The van der Waals surface area contributed by atoms with Crippen LogP contribution in [0.4, 0.5) is 5.69 Å². The van der Waals surface area contributed by atoms with Gasteiger partial charge in [-0.3, -0.25) is 0 Å². The maximum atomic E-state index is 8.93. The topological polar surface area (TPSA) is 80.3 Å². The second-order valence-corrected chi connectivity index (χ2v) is 5.03. The lowest BCUT2D eigenvalue weighted by Gasteiger charge is -2.37. The molecule has 0 amide bonds. The van der Waals surface area contributed by atoms with Crippen molar-refractivity contribution in [3.05, 3.63) is 23.8 Å². The Morgan fingerprint density at radius 2 is 2.05 bits per heavy atom. The number of morpholine rings is 1. The van der Waals surface area contributed by atoms with Gasteiger partial charge in [-0.15, -0.1) is 0 Å². The number of nitrogens with two attached hydrogens (primary N) is 1. The van der Waals surface area contributed by atoms with Crippen LogP contribution in [0, 0.1) is 0 Å². The lowest BCUT2D eigenvalue weighted by atomic mass is 10.1. The minimum atomic E-state index is 0.0921. The summed E-state index contributed by atoms with van der Waals surface area (Å²) in [6.07, 6.45) is 0.259. The molecule has 6 nitrogen and oxygen atoms in total. The van der Waals surface area contributed by atoms with E-state index >= 15 is 0 Å². The quantitative estimate of drug-likeness (QED) is 0.378. The molecule has 1 aliphatic heterocycles. The summed E-state index contributed by atoms with van der Waals surface area (Å²) in [5, 5.41) is 12.0. The first kappa shape index (κ1) is 14.5. The summed E-state index contributed by atoms with van der Waals surface area (Å²) in [6.45, 7) is 5.57. The van der Waals surface area contributed by atoms with Gasteiger partial charge in [0.05, 0.1) is 25.0 Å². The van der Waals surface area contributed by atoms with Crippen molar-refractivity contribution in [2.75, 3.05) is 25.1 Å². The third-order valence-corrected chi connectivity index (χ3v) is 3.35. The highest BCUT2D eigenvalue weighted by Crippen LogP contribution is 2.28. The molecule has 1 fully saturated rings. The van der Waals surface area contributed by atoms with E-state index in [4.69, 9.17) is 20.4 Å². The normalized spacial score (nSPS) is 23.8. The summed E-state index contributed by atoms with van der Waals surface area (Å²) < 4.78 is 11.0. The molecule has 0 aromatic heterocycles. The van der Waals surface area contributed by atoms with Crippen molar-refractivity contribution < 1.29 is 14.7 Å². The van der Waals surface area contributed by atoms with Gasteiger partial charge in [-0.05, 0) is 26.0 Å². The molecular formula is C14H21N3O3. The lowest BCUT2D eigenvalue weighted by molar-refractivity contribution is -0.00523. The number of rotatable bonds is 3. The van der Waals surface area contributed by atoms with Gasteiger partial charge >= 0.3 is 0 Å². The van der Waals surface area contributed by atoms with E-state index in [9.17, 15) is 0 Å². The zero-order valence-electron chi connectivity index (χ0n) is 12.0. The number of oxime groups is 1. The van der Waals surface area contributed by atoms with Crippen molar-refractivity contribution in [3.8, 4) is 5.75 Å². The number of benzene rings is 1. The second-order valence-electron chi connectivity index (χ2n) is 5.03. The first-order valence-electron chi connectivity index (χ1n) is 6.61. The molecule has 1 aromatic carbocycles. The molecule has 1 aromatic rings. The van der Waals surface area contributed by atoms with Crippen molar-refractivity contribution in [3.63, 3.8) is 0 Å². The minimum Gasteiger partial charge on any atom is -0.497 e. The molecule has 0 bridgehead atoms. The fourth-order valence-corrected chi connectivity index (χ4v) is 2.55. The Morgan fingerprint density at radius 1 is 1.40 bits per heavy atom. The standard InChI is InChI=1S/C14H21N3O3/c1-9-7-17(8-10(2)20-9)13-6-11(19-3)4-5-12(13)14(15)16-18/h4-6,9-10,18H,7-8H2,1-3H3,(H2,15,16)/t9-,10+. The van der Waals surface area contributed by atoms with Crippen LogP contribution in [-0.4, -0.2) is 43.5 Å². The van der Waals surface area contributed by atoms with Crippen molar-refractivity contribution in [1.82, 2.24) is 0 Å². The number of anilines is 1. The monoisotopic (exact) mass is 279 g/mol. The maximum absolute atomic E-state index is 8.93. The highest BCUT2D eigenvalue weighted by atomic mass is 16.5. The Hall–Kier alpha value is -1.95. The Kier molecular flexibility index (Phi) is 4.34. The van der Waals surface area contributed by atoms with Gasteiger partial charge in [-0.1, -0.05) is 5.16 Å². The molecule has 0 radical (unpaired) electrons. The molecule has 2 rings (SSSR count). The van der Waals surface area contributed by atoms with E-state index in [1.807, 2.05) is 19.9 Å². The largest absolute Gasteiger partial charge is 0.497 e. The Bertz CT molecular complexity index is 494. The number of methoxy groups -OCH3 is 1. The van der Waals surface area contributed by atoms with Gasteiger partial charge in [0.2, 0.25) is 0 Å². The molecule has 0 spiro atoms. The van der Waals surface area contributed by atoms with E-state index in [-0.39, 0.29) is 18.0 Å². The summed E-state index contributed by atoms with van der Waals surface area (Å²) in [7, 11) is 1.62. The van der Waals surface area contributed by atoms with Gasteiger partial charge in [-0.2, -0.15) is 0 Å². The van der Waals surface area contributed by atoms with Gasteiger partial charge in [0, 0.05) is 24.7 Å². The smallest absolute Gasteiger partial charge is 0.172 e. The van der Waals surface area contributed by atoms with Gasteiger partial charge in [0.1, 0.15) is 5.75 Å². The molecule has 6 heteroatoms. The second kappa shape index (κ2) is 6.00. The average molecular weight is 279 g/mol. The predicted molar refractivity (Wildman–Crippen MR) is 77.7 cm³/mol. The fraction of sp³-hybridized carbons (Fsp3) is 0.500. The van der Waals surface area contributed by atoms with Crippen molar-refractivity contribution in [2.45, 2.75) is 26.1 Å². The predicted octanol–water partition coefficient (Wildman–Crippen LogP) is 1.40.